The molecule has 0 saturated heterocycles. The van der Waals surface area contributed by atoms with Crippen LogP contribution in [0.4, 0.5) is 0 Å². The summed E-state index contributed by atoms with van der Waals surface area (Å²) in [7, 11) is 4.05. The summed E-state index contributed by atoms with van der Waals surface area (Å²) in [5.41, 5.74) is 3.51. The molecule has 0 aromatic heterocycles. The first-order chi connectivity index (χ1) is 27.1. The number of ether oxygens (including phenoxy) is 4. The summed E-state index contributed by atoms with van der Waals surface area (Å²) >= 11 is 0. The van der Waals surface area contributed by atoms with Gasteiger partial charge in [-0.1, -0.05) is 93.9 Å². The van der Waals surface area contributed by atoms with Crippen molar-refractivity contribution in [2.24, 2.45) is 11.8 Å². The average Bonchev–Trinajstić information content (AvgIpc) is 3.16. The smallest absolute Gasteiger partial charge is 0.326 e. The van der Waals surface area contributed by atoms with Crippen molar-refractivity contribution >= 4 is 41.4 Å². The third kappa shape index (κ3) is 15.8. The number of hydrogen-bond donors (Lipinski definition) is 0. The fourth-order valence-corrected chi connectivity index (χ4v) is 5.62. The van der Waals surface area contributed by atoms with Crippen molar-refractivity contribution < 1.29 is 52.5 Å². The normalized spacial score (nSPS) is 13.5. The Morgan fingerprint density at radius 1 is 0.552 bits per heavy atom. The molecule has 2 aromatic rings. The summed E-state index contributed by atoms with van der Waals surface area (Å²) in [4.78, 5) is 95.1. The zero-order valence-corrected chi connectivity index (χ0v) is 35.9. The van der Waals surface area contributed by atoms with Gasteiger partial charge in [0.2, 0.25) is 0 Å². The number of nitrogens with zero attached hydrogens (tertiary/aromatic N) is 3. The Kier molecular flexibility index (Phi) is 19.3. The molecule has 0 aliphatic rings. The third-order valence-corrected chi connectivity index (χ3v) is 9.64. The molecule has 0 fully saturated rings. The molecule has 5 unspecified atom stereocenters. The first kappa shape index (κ1) is 48.6. The molecule has 0 saturated carbocycles. The number of carbonyl (C=O) groups excluding carboxylic acids is 7. The van der Waals surface area contributed by atoms with Crippen LogP contribution in [0.3, 0.4) is 0 Å². The Labute approximate surface area is 342 Å². The van der Waals surface area contributed by atoms with E-state index in [2.05, 4.69) is 6.58 Å². The highest BCUT2D eigenvalue weighted by Crippen LogP contribution is 2.19. The van der Waals surface area contributed by atoms with Crippen LogP contribution in [-0.2, 0) is 65.4 Å². The van der Waals surface area contributed by atoms with E-state index in [9.17, 15) is 33.6 Å². The van der Waals surface area contributed by atoms with Gasteiger partial charge in [-0.15, -0.1) is 0 Å². The molecule has 0 aliphatic heterocycles. The number of allylic oxidation sites excluding steroid dienone is 1. The summed E-state index contributed by atoms with van der Waals surface area (Å²) in [5, 5.41) is 0. The number of carbonyl (C=O) groups is 7. The van der Waals surface area contributed by atoms with Crippen LogP contribution in [0.15, 0.2) is 60.9 Å². The molecule has 3 amide bonds. The molecule has 5 atom stereocenters. The first-order valence-electron chi connectivity index (χ1n) is 19.5. The molecular formula is C44H61N3O11. The second kappa shape index (κ2) is 23.0. The van der Waals surface area contributed by atoms with Crippen molar-refractivity contribution in [2.45, 2.75) is 99.1 Å². The van der Waals surface area contributed by atoms with Gasteiger partial charge in [0.15, 0.2) is 30.2 Å². The molecule has 0 bridgehead atoms. The Morgan fingerprint density at radius 3 is 1.33 bits per heavy atom. The number of aryl methyl sites for hydroxylation is 2. The molecule has 0 radical (unpaired) electrons. The number of likely N-dealkylation sites (N-methyl/N-ethyl adjacent to an activating group) is 3. The summed E-state index contributed by atoms with van der Waals surface area (Å²) in [5.74, 6) is -4.73. The second-order valence-electron chi connectivity index (χ2n) is 15.1. The molecule has 14 heteroatoms. The molecule has 0 spiro atoms. The van der Waals surface area contributed by atoms with Crippen LogP contribution in [0.2, 0.25) is 0 Å². The highest BCUT2D eigenvalue weighted by Gasteiger charge is 2.33. The largest absolute Gasteiger partial charge is 0.486 e. The Hall–Kier alpha value is -5.53. The van der Waals surface area contributed by atoms with E-state index < -0.39 is 79.7 Å². The van der Waals surface area contributed by atoms with Crippen molar-refractivity contribution in [1.29, 1.82) is 0 Å². The maximum atomic E-state index is 13.6. The Morgan fingerprint density at radius 2 is 0.914 bits per heavy atom. The van der Waals surface area contributed by atoms with Gasteiger partial charge in [-0.05, 0) is 44.7 Å². The van der Waals surface area contributed by atoms with Crippen molar-refractivity contribution in [1.82, 2.24) is 14.7 Å². The molecule has 0 N–H and O–H groups in total. The standard InChI is InChI=1S/C44H61N3O11/c1-13-30(6)55-32(8)42(52)45(10)26-40(50)58-37(23-35-20-16-29(5)17-21-35)44(54)47(12)24-38(48)56-33(9)43(53)46(11)25-39(49)57-36(41(51)31(7)27(2)3)22-34-18-14-28(4)15-19-34/h14-21,27,31-33,36-37H,6,13,22-26H2,1-5,7-12H3. The fourth-order valence-electron chi connectivity index (χ4n) is 5.62. The lowest BCUT2D eigenvalue weighted by Gasteiger charge is -2.26. The maximum absolute atomic E-state index is 13.6. The third-order valence-electron chi connectivity index (χ3n) is 9.64. The van der Waals surface area contributed by atoms with Gasteiger partial charge < -0.3 is 33.6 Å². The summed E-state index contributed by atoms with van der Waals surface area (Å²) < 4.78 is 22.0. The molecule has 2 rings (SSSR count). The number of hydrogen-bond acceptors (Lipinski definition) is 11. The van der Waals surface area contributed by atoms with Crippen LogP contribution in [-0.4, -0.2) is 121 Å². The molecule has 2 aromatic carbocycles. The maximum Gasteiger partial charge on any atom is 0.326 e. The van der Waals surface area contributed by atoms with Crippen LogP contribution in [0.1, 0.15) is 70.2 Å². The number of ketones is 1. The quantitative estimate of drug-likeness (QED) is 0.0940. The molecule has 58 heavy (non-hydrogen) atoms. The highest BCUT2D eigenvalue weighted by molar-refractivity contribution is 5.91. The van der Waals surface area contributed by atoms with E-state index in [0.717, 1.165) is 31.4 Å². The van der Waals surface area contributed by atoms with Gasteiger partial charge in [0.25, 0.3) is 17.7 Å². The molecular weight excluding hydrogens is 746 g/mol. The van der Waals surface area contributed by atoms with Gasteiger partial charge in [0, 0.05) is 46.3 Å². The predicted octanol–water partition coefficient (Wildman–Crippen LogP) is 4.41. The fraction of sp³-hybridized carbons (Fsp3) is 0.523. The van der Waals surface area contributed by atoms with Gasteiger partial charge in [-0.3, -0.25) is 33.6 Å². The summed E-state index contributed by atoms with van der Waals surface area (Å²) in [6, 6.07) is 14.8. The van der Waals surface area contributed by atoms with E-state index in [1.54, 1.807) is 19.1 Å². The minimum atomic E-state index is -1.37. The number of Topliss-reactive ketones (excluding diaryl/α,β-unsaturated/α-hetero) is 1. The van der Waals surface area contributed by atoms with E-state index in [0.29, 0.717) is 17.7 Å². The van der Waals surface area contributed by atoms with Crippen molar-refractivity contribution in [2.75, 3.05) is 40.8 Å². The molecule has 14 nitrogen and oxygen atoms in total. The van der Waals surface area contributed by atoms with Crippen LogP contribution in [0.25, 0.3) is 0 Å². The number of esters is 3. The van der Waals surface area contributed by atoms with E-state index in [1.807, 2.05) is 71.0 Å². The average molecular weight is 808 g/mol. The molecule has 0 heterocycles. The molecule has 0 aliphatic carbocycles. The lowest BCUT2D eigenvalue weighted by Crippen LogP contribution is -2.46. The Bertz CT molecular complexity index is 1760. The van der Waals surface area contributed by atoms with Crippen molar-refractivity contribution in [3.63, 3.8) is 0 Å². The van der Waals surface area contributed by atoms with E-state index in [1.165, 1.54) is 35.0 Å². The number of rotatable bonds is 22. The van der Waals surface area contributed by atoms with Crippen LogP contribution in [0.5, 0.6) is 0 Å². The monoisotopic (exact) mass is 807 g/mol. The van der Waals surface area contributed by atoms with Crippen LogP contribution >= 0.6 is 0 Å². The topological polar surface area (TPSA) is 166 Å². The highest BCUT2D eigenvalue weighted by atomic mass is 16.6. The first-order valence-corrected chi connectivity index (χ1v) is 19.5. The predicted molar refractivity (Wildman–Crippen MR) is 217 cm³/mol. The van der Waals surface area contributed by atoms with Gasteiger partial charge in [-0.25, -0.2) is 0 Å². The second-order valence-corrected chi connectivity index (χ2v) is 15.1. The van der Waals surface area contributed by atoms with Crippen molar-refractivity contribution in [3.05, 3.63) is 83.1 Å². The summed E-state index contributed by atoms with van der Waals surface area (Å²) in [6.45, 7) is 16.3. The molecule has 318 valence electrons. The van der Waals surface area contributed by atoms with Gasteiger partial charge >= 0.3 is 17.9 Å². The van der Waals surface area contributed by atoms with Crippen LogP contribution in [0, 0.1) is 25.7 Å². The lowest BCUT2D eigenvalue weighted by atomic mass is 9.88. The van der Waals surface area contributed by atoms with E-state index in [4.69, 9.17) is 18.9 Å². The van der Waals surface area contributed by atoms with E-state index in [-0.39, 0.29) is 30.5 Å². The lowest BCUT2D eigenvalue weighted by molar-refractivity contribution is -0.166. The minimum Gasteiger partial charge on any atom is -0.486 e. The van der Waals surface area contributed by atoms with Gasteiger partial charge in [0.1, 0.15) is 19.6 Å². The van der Waals surface area contributed by atoms with E-state index >= 15 is 0 Å². The zero-order chi connectivity index (χ0) is 43.9. The van der Waals surface area contributed by atoms with Gasteiger partial charge in [-0.2, -0.15) is 0 Å². The number of benzene rings is 2. The minimum absolute atomic E-state index is 0.0144. The zero-order valence-electron chi connectivity index (χ0n) is 35.9. The van der Waals surface area contributed by atoms with Crippen molar-refractivity contribution in [3.8, 4) is 0 Å². The number of amides is 3. The SMILES string of the molecule is C=C(CC)OC(C)C(=O)N(C)CC(=O)OC(Cc1ccc(C)cc1)C(=O)N(C)CC(=O)OC(C)C(=O)N(C)CC(=O)OC(Cc1ccc(C)cc1)C(=O)C(C)C(C)C. The van der Waals surface area contributed by atoms with Crippen LogP contribution < -0.4 is 0 Å². The summed E-state index contributed by atoms with van der Waals surface area (Å²) in [6.07, 6.45) is -4.03. The van der Waals surface area contributed by atoms with Gasteiger partial charge in [0.05, 0.1) is 5.76 Å². The Balaban J connectivity index is 2.06.